The van der Waals surface area contributed by atoms with Gasteiger partial charge in [0.1, 0.15) is 12.1 Å². The van der Waals surface area contributed by atoms with Gasteiger partial charge in [-0.25, -0.2) is 14.2 Å². The number of hydrogen-bond donors (Lipinski definition) is 1. The minimum absolute atomic E-state index is 0.00703. The lowest BCUT2D eigenvalue weighted by molar-refractivity contribution is -0.134. The zero-order valence-electron chi connectivity index (χ0n) is 21.7. The van der Waals surface area contributed by atoms with Gasteiger partial charge in [0.2, 0.25) is 5.89 Å². The Kier molecular flexibility index (Phi) is 9.50. The third-order valence-electron chi connectivity index (χ3n) is 7.44. The molecule has 2 unspecified atom stereocenters. The summed E-state index contributed by atoms with van der Waals surface area (Å²) in [6.07, 6.45) is 13.6. The summed E-state index contributed by atoms with van der Waals surface area (Å²) in [5.74, 6) is -0.664. The molecule has 3 heterocycles. The number of carbonyl (C=O) groups is 2. The zero-order valence-corrected chi connectivity index (χ0v) is 21.7. The molecule has 0 spiro atoms. The highest BCUT2D eigenvalue weighted by Gasteiger charge is 2.51. The van der Waals surface area contributed by atoms with Crippen LogP contribution in [0.5, 0.6) is 0 Å². The van der Waals surface area contributed by atoms with Gasteiger partial charge in [0.25, 0.3) is 5.91 Å². The number of fused-ring (bicyclic) bond motifs is 2. The quantitative estimate of drug-likeness (QED) is 0.214. The number of amides is 1. The highest BCUT2D eigenvalue weighted by Crippen LogP contribution is 2.50. The van der Waals surface area contributed by atoms with Crippen LogP contribution in [-0.4, -0.2) is 42.7 Å². The van der Waals surface area contributed by atoms with E-state index in [0.717, 1.165) is 36.8 Å². The first-order valence-electron chi connectivity index (χ1n) is 13.4. The van der Waals surface area contributed by atoms with Gasteiger partial charge in [0.05, 0.1) is 25.2 Å². The Hall–Kier alpha value is -3.00. The molecule has 0 saturated carbocycles. The van der Waals surface area contributed by atoms with Crippen molar-refractivity contribution in [2.75, 3.05) is 13.7 Å². The molecule has 4 atom stereocenters. The largest absolute Gasteiger partial charge is 0.466 e. The van der Waals surface area contributed by atoms with Gasteiger partial charge in [-0.15, -0.1) is 0 Å². The fourth-order valence-electron chi connectivity index (χ4n) is 5.51. The van der Waals surface area contributed by atoms with Crippen molar-refractivity contribution < 1.29 is 27.9 Å². The molecule has 2 bridgehead atoms. The standard InChI is InChI=1S/C29H37FN2O5/c1-3-4-5-6-7-8-15-31-28(34)23-18-36-29(32-23)27-22(24-12-13-25(27)37-24)17-20-16-21(30)11-9-19(20)10-14-26(33)35-2/h9-11,14,16,18,22,24-25,27H,3-8,12-13,15,17H2,1-2H3,(H,31,34)/b14-10+/t22-,24?,25?,27+/m0/s1. The highest BCUT2D eigenvalue weighted by atomic mass is 19.1. The molecule has 2 aromatic rings. The van der Waals surface area contributed by atoms with Crippen molar-refractivity contribution in [3.8, 4) is 0 Å². The number of hydrogen-bond acceptors (Lipinski definition) is 6. The zero-order chi connectivity index (χ0) is 26.2. The molecule has 1 N–H and O–H groups in total. The van der Waals surface area contributed by atoms with E-state index in [1.54, 1.807) is 12.1 Å². The topological polar surface area (TPSA) is 90.7 Å². The van der Waals surface area contributed by atoms with Crippen molar-refractivity contribution in [2.45, 2.75) is 82.8 Å². The summed E-state index contributed by atoms with van der Waals surface area (Å²) < 4.78 is 30.9. The summed E-state index contributed by atoms with van der Waals surface area (Å²) in [4.78, 5) is 28.8. The lowest BCUT2D eigenvalue weighted by Crippen LogP contribution is -2.28. The number of nitrogens with one attached hydrogen (secondary N) is 1. The second-order valence-corrected chi connectivity index (χ2v) is 9.98. The number of carbonyl (C=O) groups excluding carboxylic acids is 2. The molecular weight excluding hydrogens is 475 g/mol. The van der Waals surface area contributed by atoms with Crippen LogP contribution in [0.1, 0.15) is 91.7 Å². The number of halogens is 1. The Bertz CT molecular complexity index is 1100. The van der Waals surface area contributed by atoms with Gasteiger partial charge in [-0.2, -0.15) is 0 Å². The smallest absolute Gasteiger partial charge is 0.330 e. The number of ether oxygens (including phenoxy) is 2. The Labute approximate surface area is 217 Å². The Morgan fingerprint density at radius 3 is 2.76 bits per heavy atom. The number of nitrogens with zero attached hydrogens (tertiary/aromatic N) is 1. The van der Waals surface area contributed by atoms with E-state index >= 15 is 0 Å². The summed E-state index contributed by atoms with van der Waals surface area (Å²) >= 11 is 0. The van der Waals surface area contributed by atoms with Crippen LogP contribution in [0.3, 0.4) is 0 Å². The molecule has 1 amide bonds. The van der Waals surface area contributed by atoms with Crippen molar-refractivity contribution in [3.05, 3.63) is 59.1 Å². The number of oxazole rings is 1. The first kappa shape index (κ1) is 27.0. The number of esters is 1. The van der Waals surface area contributed by atoms with Gasteiger partial charge < -0.3 is 19.2 Å². The minimum atomic E-state index is -0.474. The van der Waals surface area contributed by atoms with E-state index in [2.05, 4.69) is 22.0 Å². The summed E-state index contributed by atoms with van der Waals surface area (Å²) in [6, 6.07) is 4.53. The van der Waals surface area contributed by atoms with Crippen molar-refractivity contribution >= 4 is 18.0 Å². The third-order valence-corrected chi connectivity index (χ3v) is 7.44. The summed E-state index contributed by atoms with van der Waals surface area (Å²) in [5, 5.41) is 2.94. The lowest BCUT2D eigenvalue weighted by Gasteiger charge is -2.26. The Morgan fingerprint density at radius 1 is 1.16 bits per heavy atom. The molecule has 37 heavy (non-hydrogen) atoms. The van der Waals surface area contributed by atoms with Crippen LogP contribution in [0.2, 0.25) is 0 Å². The van der Waals surface area contributed by atoms with Gasteiger partial charge in [-0.1, -0.05) is 45.1 Å². The van der Waals surface area contributed by atoms with Crippen LogP contribution in [0.4, 0.5) is 4.39 Å². The average Bonchev–Trinajstić information content (AvgIpc) is 3.64. The fourth-order valence-corrected chi connectivity index (χ4v) is 5.51. The van der Waals surface area contributed by atoms with E-state index in [1.165, 1.54) is 57.3 Å². The summed E-state index contributed by atoms with van der Waals surface area (Å²) in [5.41, 5.74) is 1.79. The predicted octanol–water partition coefficient (Wildman–Crippen LogP) is 5.59. The van der Waals surface area contributed by atoms with Gasteiger partial charge in [-0.05, 0) is 55.0 Å². The van der Waals surface area contributed by atoms with Crippen LogP contribution < -0.4 is 5.32 Å². The molecule has 1 aromatic carbocycles. The number of methoxy groups -OCH3 is 1. The maximum atomic E-state index is 14.2. The molecule has 1 aromatic heterocycles. The first-order valence-corrected chi connectivity index (χ1v) is 13.4. The normalized spacial score (nSPS) is 22.6. The first-order chi connectivity index (χ1) is 18.0. The molecule has 2 aliphatic heterocycles. The van der Waals surface area contributed by atoms with E-state index in [1.807, 2.05) is 0 Å². The number of rotatable bonds is 13. The van der Waals surface area contributed by atoms with Gasteiger partial charge >= 0.3 is 5.97 Å². The molecular formula is C29H37FN2O5. The Morgan fingerprint density at radius 2 is 1.95 bits per heavy atom. The molecule has 0 aliphatic carbocycles. The van der Waals surface area contributed by atoms with Crippen LogP contribution >= 0.6 is 0 Å². The SMILES string of the molecule is CCCCCCCCNC(=O)c1coc([C@H]2C3CCC(O3)[C@@H]2Cc2cc(F)ccc2/C=C/C(=O)OC)n1. The highest BCUT2D eigenvalue weighted by molar-refractivity contribution is 5.91. The van der Waals surface area contributed by atoms with Gasteiger partial charge in [0, 0.05) is 18.5 Å². The number of aromatic nitrogens is 1. The molecule has 200 valence electrons. The number of benzene rings is 1. The molecule has 2 saturated heterocycles. The molecule has 4 rings (SSSR count). The van der Waals surface area contributed by atoms with Crippen LogP contribution in [0, 0.1) is 11.7 Å². The van der Waals surface area contributed by atoms with Crippen molar-refractivity contribution in [3.63, 3.8) is 0 Å². The number of unbranched alkanes of at least 4 members (excludes halogenated alkanes) is 5. The summed E-state index contributed by atoms with van der Waals surface area (Å²) in [7, 11) is 1.31. The van der Waals surface area contributed by atoms with Crippen LogP contribution in [-0.2, 0) is 20.7 Å². The van der Waals surface area contributed by atoms with E-state index < -0.39 is 5.97 Å². The molecule has 2 aliphatic rings. The van der Waals surface area contributed by atoms with Crippen LogP contribution in [0.15, 0.2) is 35.0 Å². The predicted molar refractivity (Wildman–Crippen MR) is 137 cm³/mol. The lowest BCUT2D eigenvalue weighted by atomic mass is 9.75. The van der Waals surface area contributed by atoms with E-state index in [4.69, 9.17) is 9.15 Å². The monoisotopic (exact) mass is 512 g/mol. The third kappa shape index (κ3) is 6.86. The Balaban J connectivity index is 1.42. The van der Waals surface area contributed by atoms with Gasteiger partial charge in [0.15, 0.2) is 5.69 Å². The maximum absolute atomic E-state index is 14.2. The van der Waals surface area contributed by atoms with Crippen LogP contribution in [0.25, 0.3) is 6.08 Å². The maximum Gasteiger partial charge on any atom is 0.330 e. The second-order valence-electron chi connectivity index (χ2n) is 9.98. The minimum Gasteiger partial charge on any atom is -0.466 e. The van der Waals surface area contributed by atoms with E-state index in [-0.39, 0.29) is 41.5 Å². The molecule has 8 heteroatoms. The van der Waals surface area contributed by atoms with E-state index in [0.29, 0.717) is 18.9 Å². The summed E-state index contributed by atoms with van der Waals surface area (Å²) in [6.45, 7) is 2.82. The molecule has 0 radical (unpaired) electrons. The van der Waals surface area contributed by atoms with E-state index in [9.17, 15) is 14.0 Å². The van der Waals surface area contributed by atoms with Gasteiger partial charge in [-0.3, -0.25) is 4.79 Å². The second kappa shape index (κ2) is 13.0. The van der Waals surface area contributed by atoms with Crippen molar-refractivity contribution in [2.24, 2.45) is 5.92 Å². The average molecular weight is 513 g/mol. The molecule has 2 fully saturated rings. The fraction of sp³-hybridized carbons (Fsp3) is 0.552. The van der Waals surface area contributed by atoms with Crippen molar-refractivity contribution in [1.82, 2.24) is 10.3 Å². The molecule has 7 nitrogen and oxygen atoms in total. The van der Waals surface area contributed by atoms with Crippen molar-refractivity contribution in [1.29, 1.82) is 0 Å².